The number of thiophene rings is 1. The van der Waals surface area contributed by atoms with E-state index in [0.717, 1.165) is 37.4 Å². The molecule has 142 valence electrons. The Bertz CT molecular complexity index is 815. The van der Waals surface area contributed by atoms with Gasteiger partial charge >= 0.3 is 11.9 Å². The largest absolute Gasteiger partial charge is 0.478 e. The number of anilines is 1. The van der Waals surface area contributed by atoms with E-state index in [1.807, 2.05) is 17.5 Å². The van der Waals surface area contributed by atoms with Gasteiger partial charge in [0.25, 0.3) is 0 Å². The molecule has 0 aliphatic carbocycles. The molecule has 3 aliphatic heterocycles. The number of esters is 1. The maximum Gasteiger partial charge on any atom is 0.335 e. The Morgan fingerprint density at radius 2 is 2.04 bits per heavy atom. The normalized spacial score (nSPS) is 25.0. The Balaban J connectivity index is 1.52. The van der Waals surface area contributed by atoms with Gasteiger partial charge in [-0.05, 0) is 61.5 Å². The second-order valence-electron chi connectivity index (χ2n) is 7.09. The van der Waals surface area contributed by atoms with Crippen LogP contribution in [0.1, 0.15) is 34.1 Å². The van der Waals surface area contributed by atoms with Crippen molar-refractivity contribution in [2.75, 3.05) is 25.0 Å². The summed E-state index contributed by atoms with van der Waals surface area (Å²) in [6, 6.07) is 9.61. The molecule has 3 aliphatic rings. The Kier molecular flexibility index (Phi) is 5.13. The molecule has 0 amide bonds. The summed E-state index contributed by atoms with van der Waals surface area (Å²) in [4.78, 5) is 27.4. The zero-order chi connectivity index (χ0) is 18.8. The standard InChI is InChI=1S/C20H22N2O4S/c23-19(24)14-3-1-4-15(11-14)21-18(17-5-2-10-27-17)20(25)26-16-12-22-8-6-13(16)7-9-22/h1-5,10-11,13,16,18,21H,6-9,12H2,(H,23,24)/t16-,18?/m0/s1. The SMILES string of the molecule is O=C(O)c1cccc(NC(C(=O)O[C@H]2CN3CCC2CC3)c2cccs2)c1. The third-order valence-corrected chi connectivity index (χ3v) is 6.28. The number of hydrogen-bond donors (Lipinski definition) is 2. The Morgan fingerprint density at radius 3 is 2.67 bits per heavy atom. The Labute approximate surface area is 161 Å². The molecular weight excluding hydrogens is 364 g/mol. The second-order valence-corrected chi connectivity index (χ2v) is 8.07. The van der Waals surface area contributed by atoms with Gasteiger partial charge in [0.05, 0.1) is 5.56 Å². The first-order chi connectivity index (χ1) is 13.1. The van der Waals surface area contributed by atoms with Crippen LogP contribution in [0.25, 0.3) is 0 Å². The van der Waals surface area contributed by atoms with Gasteiger partial charge in [-0.25, -0.2) is 9.59 Å². The number of aromatic carboxylic acids is 1. The summed E-state index contributed by atoms with van der Waals surface area (Å²) < 4.78 is 5.91. The van der Waals surface area contributed by atoms with E-state index >= 15 is 0 Å². The van der Waals surface area contributed by atoms with E-state index in [9.17, 15) is 14.7 Å². The fourth-order valence-electron chi connectivity index (χ4n) is 3.87. The minimum Gasteiger partial charge on any atom is -0.478 e. The smallest absolute Gasteiger partial charge is 0.335 e. The lowest BCUT2D eigenvalue weighted by Gasteiger charge is -2.44. The fourth-order valence-corrected chi connectivity index (χ4v) is 4.63. The molecule has 7 heteroatoms. The molecule has 6 nitrogen and oxygen atoms in total. The summed E-state index contributed by atoms with van der Waals surface area (Å²) in [6.45, 7) is 2.99. The van der Waals surface area contributed by atoms with E-state index < -0.39 is 12.0 Å². The number of carbonyl (C=O) groups is 2. The number of ether oxygens (including phenoxy) is 1. The van der Waals surface area contributed by atoms with Gasteiger partial charge in [0.15, 0.2) is 6.04 Å². The highest BCUT2D eigenvalue weighted by molar-refractivity contribution is 7.10. The van der Waals surface area contributed by atoms with Crippen LogP contribution < -0.4 is 5.32 Å². The quantitative estimate of drug-likeness (QED) is 0.742. The highest BCUT2D eigenvalue weighted by Gasteiger charge is 2.38. The average molecular weight is 386 g/mol. The van der Waals surface area contributed by atoms with Crippen LogP contribution in [0.4, 0.5) is 5.69 Å². The first-order valence-electron chi connectivity index (χ1n) is 9.16. The number of nitrogens with zero attached hydrogens (tertiary/aromatic N) is 1. The molecule has 0 spiro atoms. The molecule has 2 bridgehead atoms. The average Bonchev–Trinajstić information content (AvgIpc) is 3.21. The monoisotopic (exact) mass is 386 g/mol. The number of benzene rings is 1. The first-order valence-corrected chi connectivity index (χ1v) is 10.0. The maximum atomic E-state index is 13.0. The van der Waals surface area contributed by atoms with Crippen molar-refractivity contribution in [1.82, 2.24) is 4.90 Å². The van der Waals surface area contributed by atoms with Gasteiger partial charge in [0.1, 0.15) is 6.10 Å². The molecule has 3 saturated heterocycles. The highest BCUT2D eigenvalue weighted by atomic mass is 32.1. The molecule has 0 radical (unpaired) electrons. The molecule has 4 heterocycles. The lowest BCUT2D eigenvalue weighted by molar-refractivity contribution is -0.159. The third kappa shape index (κ3) is 3.99. The predicted molar refractivity (Wildman–Crippen MR) is 103 cm³/mol. The van der Waals surface area contributed by atoms with E-state index in [4.69, 9.17) is 4.74 Å². The molecular formula is C20H22N2O4S. The minimum atomic E-state index is -0.999. The van der Waals surface area contributed by atoms with Gasteiger partial charge in [-0.3, -0.25) is 4.90 Å². The van der Waals surface area contributed by atoms with Crippen molar-refractivity contribution in [3.63, 3.8) is 0 Å². The number of carbonyl (C=O) groups excluding carboxylic acids is 1. The lowest BCUT2D eigenvalue weighted by Crippen LogP contribution is -2.52. The van der Waals surface area contributed by atoms with Crippen LogP contribution in [0.3, 0.4) is 0 Å². The second kappa shape index (κ2) is 7.70. The van der Waals surface area contributed by atoms with E-state index in [-0.39, 0.29) is 17.6 Å². The Hall–Kier alpha value is -2.38. The molecule has 2 atom stereocenters. The number of fused-ring (bicyclic) bond motifs is 3. The summed E-state index contributed by atoms with van der Waals surface area (Å²) in [6.07, 6.45) is 2.10. The van der Waals surface area contributed by atoms with Gasteiger partial charge < -0.3 is 15.2 Å². The summed E-state index contributed by atoms with van der Waals surface area (Å²) in [7, 11) is 0. The lowest BCUT2D eigenvalue weighted by atomic mass is 9.86. The van der Waals surface area contributed by atoms with Gasteiger partial charge in [-0.15, -0.1) is 11.3 Å². The minimum absolute atomic E-state index is 0.0605. The molecule has 27 heavy (non-hydrogen) atoms. The van der Waals surface area contributed by atoms with Crippen molar-refractivity contribution in [1.29, 1.82) is 0 Å². The molecule has 2 aromatic rings. The van der Waals surface area contributed by atoms with Crippen LogP contribution in [0.5, 0.6) is 0 Å². The van der Waals surface area contributed by atoms with Crippen molar-refractivity contribution in [2.45, 2.75) is 25.0 Å². The van der Waals surface area contributed by atoms with Crippen molar-refractivity contribution >= 4 is 29.0 Å². The Morgan fingerprint density at radius 1 is 1.22 bits per heavy atom. The van der Waals surface area contributed by atoms with E-state index in [2.05, 4.69) is 10.2 Å². The molecule has 1 unspecified atom stereocenters. The van der Waals surface area contributed by atoms with Gasteiger partial charge in [0, 0.05) is 17.1 Å². The van der Waals surface area contributed by atoms with Crippen LogP contribution in [0.2, 0.25) is 0 Å². The van der Waals surface area contributed by atoms with Gasteiger partial charge in [-0.2, -0.15) is 0 Å². The molecule has 1 aromatic carbocycles. The van der Waals surface area contributed by atoms with Gasteiger partial charge in [0.2, 0.25) is 0 Å². The van der Waals surface area contributed by atoms with Crippen molar-refractivity contribution in [3.05, 3.63) is 52.2 Å². The summed E-state index contributed by atoms with van der Waals surface area (Å²) in [5, 5.41) is 14.3. The topological polar surface area (TPSA) is 78.9 Å². The number of carboxylic acids is 1. The number of hydrogen-bond acceptors (Lipinski definition) is 6. The van der Waals surface area contributed by atoms with Gasteiger partial charge in [-0.1, -0.05) is 12.1 Å². The van der Waals surface area contributed by atoms with Crippen molar-refractivity contribution in [3.8, 4) is 0 Å². The third-order valence-electron chi connectivity index (χ3n) is 5.35. The zero-order valence-corrected chi connectivity index (χ0v) is 15.7. The van der Waals surface area contributed by atoms with Crippen molar-refractivity contribution < 1.29 is 19.4 Å². The molecule has 3 fully saturated rings. The molecule has 1 aromatic heterocycles. The molecule has 5 rings (SSSR count). The summed E-state index contributed by atoms with van der Waals surface area (Å²) in [5.74, 6) is -0.864. The zero-order valence-electron chi connectivity index (χ0n) is 14.8. The fraction of sp³-hybridized carbons (Fsp3) is 0.400. The van der Waals surface area contributed by atoms with Crippen LogP contribution in [-0.2, 0) is 9.53 Å². The van der Waals surface area contributed by atoms with E-state index in [0.29, 0.717) is 11.6 Å². The number of nitrogens with one attached hydrogen (secondary N) is 1. The first kappa shape index (κ1) is 18.0. The summed E-state index contributed by atoms with van der Waals surface area (Å²) in [5.41, 5.74) is 0.759. The van der Waals surface area contributed by atoms with E-state index in [1.54, 1.807) is 12.1 Å². The molecule has 2 N–H and O–H groups in total. The predicted octanol–water partition coefficient (Wildman–Crippen LogP) is 3.24. The van der Waals surface area contributed by atoms with Crippen LogP contribution in [0.15, 0.2) is 41.8 Å². The molecule has 0 saturated carbocycles. The van der Waals surface area contributed by atoms with Crippen LogP contribution in [-0.4, -0.2) is 47.7 Å². The van der Waals surface area contributed by atoms with Crippen LogP contribution in [0, 0.1) is 5.92 Å². The number of carboxylic acid groups (broad SMARTS) is 1. The number of piperidine rings is 3. The van der Waals surface area contributed by atoms with Crippen LogP contribution >= 0.6 is 11.3 Å². The van der Waals surface area contributed by atoms with E-state index in [1.165, 1.54) is 23.5 Å². The summed E-state index contributed by atoms with van der Waals surface area (Å²) >= 11 is 1.48. The highest BCUT2D eigenvalue weighted by Crippen LogP contribution is 2.32. The number of rotatable bonds is 6. The maximum absolute atomic E-state index is 13.0. The van der Waals surface area contributed by atoms with Crippen molar-refractivity contribution in [2.24, 2.45) is 5.92 Å².